The van der Waals surface area contributed by atoms with Gasteiger partial charge < -0.3 is 20.7 Å². The molecule has 5 heteroatoms. The summed E-state index contributed by atoms with van der Waals surface area (Å²) in [4.78, 5) is 11.3. The topological polar surface area (TPSA) is 62.4 Å². The summed E-state index contributed by atoms with van der Waals surface area (Å²) >= 11 is 0. The van der Waals surface area contributed by atoms with Crippen molar-refractivity contribution in [3.05, 3.63) is 0 Å². The SMILES string of the molecule is CC(C)(C)NCCNCCCNC(=O)OC(C)(C)C. The van der Waals surface area contributed by atoms with Gasteiger partial charge in [0, 0.05) is 25.2 Å². The summed E-state index contributed by atoms with van der Waals surface area (Å²) in [6, 6.07) is 0. The smallest absolute Gasteiger partial charge is 0.407 e. The van der Waals surface area contributed by atoms with Crippen LogP contribution in [0.25, 0.3) is 0 Å². The van der Waals surface area contributed by atoms with Crippen LogP contribution < -0.4 is 16.0 Å². The number of rotatable bonds is 7. The lowest BCUT2D eigenvalue weighted by molar-refractivity contribution is 0.0527. The zero-order chi connectivity index (χ0) is 14.9. The van der Waals surface area contributed by atoms with E-state index in [2.05, 4.69) is 36.7 Å². The van der Waals surface area contributed by atoms with Gasteiger partial charge in [0.05, 0.1) is 0 Å². The maximum absolute atomic E-state index is 11.3. The first-order valence-electron chi connectivity index (χ1n) is 7.03. The number of amides is 1. The Morgan fingerprint density at radius 1 is 0.947 bits per heavy atom. The molecule has 0 heterocycles. The minimum absolute atomic E-state index is 0.167. The van der Waals surface area contributed by atoms with E-state index >= 15 is 0 Å². The van der Waals surface area contributed by atoms with E-state index in [1.54, 1.807) is 0 Å². The predicted molar refractivity (Wildman–Crippen MR) is 79.5 cm³/mol. The number of nitrogens with one attached hydrogen (secondary N) is 3. The number of carbonyl (C=O) groups excluding carboxylic acids is 1. The molecule has 19 heavy (non-hydrogen) atoms. The van der Waals surface area contributed by atoms with Gasteiger partial charge in [-0.3, -0.25) is 0 Å². The van der Waals surface area contributed by atoms with E-state index in [0.717, 1.165) is 26.1 Å². The fraction of sp³-hybridized carbons (Fsp3) is 0.929. The molecule has 0 radical (unpaired) electrons. The van der Waals surface area contributed by atoms with Crippen molar-refractivity contribution >= 4 is 6.09 Å². The molecule has 0 saturated heterocycles. The van der Waals surface area contributed by atoms with Crippen LogP contribution in [0.15, 0.2) is 0 Å². The van der Waals surface area contributed by atoms with Crippen molar-refractivity contribution in [2.45, 2.75) is 59.1 Å². The molecule has 0 aromatic heterocycles. The van der Waals surface area contributed by atoms with Crippen molar-refractivity contribution in [3.8, 4) is 0 Å². The molecule has 5 nitrogen and oxygen atoms in total. The summed E-state index contributed by atoms with van der Waals surface area (Å²) in [6.45, 7) is 15.4. The summed E-state index contributed by atoms with van der Waals surface area (Å²) in [6.07, 6.45) is 0.552. The second-order valence-electron chi connectivity index (χ2n) is 6.71. The molecule has 114 valence electrons. The average Bonchev–Trinajstić information content (AvgIpc) is 2.17. The second kappa shape index (κ2) is 8.38. The summed E-state index contributed by atoms with van der Waals surface area (Å²) in [5, 5.41) is 9.47. The number of hydrogen-bond acceptors (Lipinski definition) is 4. The van der Waals surface area contributed by atoms with Gasteiger partial charge in [-0.2, -0.15) is 0 Å². The fourth-order valence-electron chi connectivity index (χ4n) is 1.37. The number of hydrogen-bond donors (Lipinski definition) is 3. The van der Waals surface area contributed by atoms with Gasteiger partial charge >= 0.3 is 6.09 Å². The standard InChI is InChI=1S/C14H31N3O2/c1-13(2,3)17-11-10-15-8-7-9-16-12(18)19-14(4,5)6/h15,17H,7-11H2,1-6H3,(H,16,18). The lowest BCUT2D eigenvalue weighted by atomic mass is 10.1. The number of ether oxygens (including phenoxy) is 1. The molecule has 0 aliphatic carbocycles. The largest absolute Gasteiger partial charge is 0.444 e. The molecule has 0 atom stereocenters. The number of alkyl carbamates (subject to hydrolysis) is 1. The molecule has 0 aromatic rings. The van der Waals surface area contributed by atoms with Gasteiger partial charge in [0.25, 0.3) is 0 Å². The highest BCUT2D eigenvalue weighted by Crippen LogP contribution is 2.06. The summed E-state index contributed by atoms with van der Waals surface area (Å²) in [7, 11) is 0. The van der Waals surface area contributed by atoms with E-state index in [-0.39, 0.29) is 11.6 Å². The quantitative estimate of drug-likeness (QED) is 0.620. The predicted octanol–water partition coefficient (Wildman–Crippen LogP) is 1.88. The summed E-state index contributed by atoms with van der Waals surface area (Å²) in [5.41, 5.74) is -0.263. The van der Waals surface area contributed by atoms with Crippen LogP contribution in [0.5, 0.6) is 0 Å². The molecule has 0 bridgehead atoms. The molecule has 3 N–H and O–H groups in total. The van der Waals surface area contributed by atoms with Crippen LogP contribution in [-0.4, -0.2) is 43.4 Å². The first-order chi connectivity index (χ1) is 8.60. The minimum Gasteiger partial charge on any atom is -0.444 e. The highest BCUT2D eigenvalue weighted by Gasteiger charge is 2.15. The van der Waals surface area contributed by atoms with Crippen LogP contribution in [0.4, 0.5) is 4.79 Å². The molecule has 0 saturated carbocycles. The van der Waals surface area contributed by atoms with Crippen molar-refractivity contribution in [1.29, 1.82) is 0 Å². The van der Waals surface area contributed by atoms with Crippen LogP contribution in [0.3, 0.4) is 0 Å². The molecule has 1 amide bonds. The van der Waals surface area contributed by atoms with Gasteiger partial charge in [-0.05, 0) is 54.5 Å². The van der Waals surface area contributed by atoms with E-state index in [1.165, 1.54) is 0 Å². The molecule has 0 unspecified atom stereocenters. The highest BCUT2D eigenvalue weighted by atomic mass is 16.6. The van der Waals surface area contributed by atoms with Crippen molar-refractivity contribution in [2.24, 2.45) is 0 Å². The normalized spacial score (nSPS) is 12.3. The lowest BCUT2D eigenvalue weighted by Crippen LogP contribution is -2.40. The van der Waals surface area contributed by atoms with Crippen LogP contribution >= 0.6 is 0 Å². The Morgan fingerprint density at radius 2 is 1.58 bits per heavy atom. The minimum atomic E-state index is -0.430. The van der Waals surface area contributed by atoms with Gasteiger partial charge in [0.15, 0.2) is 0 Å². The molecule has 0 spiro atoms. The highest BCUT2D eigenvalue weighted by molar-refractivity contribution is 5.67. The van der Waals surface area contributed by atoms with Gasteiger partial charge in [0.2, 0.25) is 0 Å². The van der Waals surface area contributed by atoms with E-state index in [4.69, 9.17) is 4.74 Å². The summed E-state index contributed by atoms with van der Waals surface area (Å²) < 4.78 is 5.14. The van der Waals surface area contributed by atoms with Crippen molar-refractivity contribution in [2.75, 3.05) is 26.2 Å². The molecular weight excluding hydrogens is 242 g/mol. The van der Waals surface area contributed by atoms with Crippen molar-refractivity contribution in [3.63, 3.8) is 0 Å². The van der Waals surface area contributed by atoms with Crippen LogP contribution in [0.1, 0.15) is 48.0 Å². The maximum atomic E-state index is 11.3. The van der Waals surface area contributed by atoms with Crippen molar-refractivity contribution < 1.29 is 9.53 Å². The monoisotopic (exact) mass is 273 g/mol. The van der Waals surface area contributed by atoms with Gasteiger partial charge in [0.1, 0.15) is 5.60 Å². The van der Waals surface area contributed by atoms with Crippen molar-refractivity contribution in [1.82, 2.24) is 16.0 Å². The van der Waals surface area contributed by atoms with Gasteiger partial charge in [-0.25, -0.2) is 4.79 Å². The molecule has 0 aliphatic heterocycles. The summed E-state index contributed by atoms with van der Waals surface area (Å²) in [5.74, 6) is 0. The van der Waals surface area contributed by atoms with Crippen LogP contribution in [0.2, 0.25) is 0 Å². The van der Waals surface area contributed by atoms with E-state index in [1.807, 2.05) is 20.8 Å². The third-order valence-corrected chi connectivity index (χ3v) is 2.16. The maximum Gasteiger partial charge on any atom is 0.407 e. The first kappa shape index (κ1) is 18.2. The Morgan fingerprint density at radius 3 is 2.11 bits per heavy atom. The lowest BCUT2D eigenvalue weighted by Gasteiger charge is -2.20. The molecular formula is C14H31N3O2. The molecule has 0 aromatic carbocycles. The molecule has 0 rings (SSSR count). The van der Waals surface area contributed by atoms with Crippen LogP contribution in [0, 0.1) is 0 Å². The second-order valence-corrected chi connectivity index (χ2v) is 6.71. The van der Waals surface area contributed by atoms with Gasteiger partial charge in [-0.15, -0.1) is 0 Å². The molecule has 0 fully saturated rings. The number of carbonyl (C=O) groups is 1. The Labute approximate surface area is 117 Å². The zero-order valence-corrected chi connectivity index (χ0v) is 13.4. The fourth-order valence-corrected chi connectivity index (χ4v) is 1.37. The Bertz CT molecular complexity index is 254. The van der Waals surface area contributed by atoms with E-state index in [9.17, 15) is 4.79 Å². The Kier molecular flexibility index (Phi) is 8.02. The Hall–Kier alpha value is -0.810. The average molecular weight is 273 g/mol. The van der Waals surface area contributed by atoms with E-state index < -0.39 is 5.60 Å². The Balaban J connectivity index is 3.35. The van der Waals surface area contributed by atoms with Crippen LogP contribution in [-0.2, 0) is 4.74 Å². The third kappa shape index (κ3) is 15.1. The first-order valence-corrected chi connectivity index (χ1v) is 7.03. The zero-order valence-electron chi connectivity index (χ0n) is 13.4. The van der Waals surface area contributed by atoms with E-state index in [0.29, 0.717) is 6.54 Å². The third-order valence-electron chi connectivity index (χ3n) is 2.16. The molecule has 0 aliphatic rings. The van der Waals surface area contributed by atoms with Gasteiger partial charge in [-0.1, -0.05) is 0 Å².